The van der Waals surface area contributed by atoms with E-state index in [1.807, 2.05) is 0 Å². The number of carbonyl (C=O) groups excluding carboxylic acids is 1. The molecule has 0 bridgehead atoms. The molecule has 2 aromatic heterocycles. The third-order valence-corrected chi connectivity index (χ3v) is 5.31. The van der Waals surface area contributed by atoms with Gasteiger partial charge in [0.15, 0.2) is 17.5 Å². The molecule has 29 heavy (non-hydrogen) atoms. The molecule has 1 amide bonds. The number of nitrogens with zero attached hydrogens (tertiary/aromatic N) is 1. The Morgan fingerprint density at radius 3 is 2.72 bits per heavy atom. The highest BCUT2D eigenvalue weighted by molar-refractivity contribution is 6.07. The lowest BCUT2D eigenvalue weighted by Gasteiger charge is -2.09. The van der Waals surface area contributed by atoms with E-state index in [9.17, 15) is 18.0 Å². The number of hydrogen-bond donors (Lipinski definition) is 2. The summed E-state index contributed by atoms with van der Waals surface area (Å²) in [5, 5.41) is 3.83. The number of H-pyrrole nitrogens is 1. The molecule has 0 radical (unpaired) electrons. The second-order valence-corrected chi connectivity index (χ2v) is 7.33. The van der Waals surface area contributed by atoms with Gasteiger partial charge in [-0.2, -0.15) is 0 Å². The van der Waals surface area contributed by atoms with E-state index in [1.54, 1.807) is 30.3 Å². The molecular formula is C22H16F3N3O. The summed E-state index contributed by atoms with van der Waals surface area (Å²) in [6, 6.07) is 9.65. The van der Waals surface area contributed by atoms with Gasteiger partial charge in [0, 0.05) is 34.6 Å². The number of rotatable bonds is 4. The number of aromatic amines is 1. The van der Waals surface area contributed by atoms with E-state index in [0.717, 1.165) is 18.9 Å². The van der Waals surface area contributed by atoms with E-state index < -0.39 is 17.5 Å². The van der Waals surface area contributed by atoms with Gasteiger partial charge in [-0.25, -0.2) is 18.2 Å². The maximum Gasteiger partial charge on any atom is 0.251 e. The van der Waals surface area contributed by atoms with Crippen molar-refractivity contribution in [2.24, 2.45) is 5.92 Å². The fourth-order valence-electron chi connectivity index (χ4n) is 3.54. The largest absolute Gasteiger partial charge is 0.358 e. The standard InChI is InChI=1S/C22H16F3N3O/c23-16-8-14-15(10-26-21(14)20(25)19(16)24)18-7-6-12-13(2-1-3-17(12)28-18)22(29)27-9-11-4-5-11/h1-3,6-8,10-11,26H,4-5,9H2,(H,27,29). The normalized spacial score (nSPS) is 13.9. The average molecular weight is 395 g/mol. The minimum Gasteiger partial charge on any atom is -0.358 e. The van der Waals surface area contributed by atoms with Crippen molar-refractivity contribution >= 4 is 27.7 Å². The number of hydrogen-bond acceptors (Lipinski definition) is 2. The third kappa shape index (κ3) is 3.03. The van der Waals surface area contributed by atoms with Crippen molar-refractivity contribution in [2.75, 3.05) is 6.54 Å². The van der Waals surface area contributed by atoms with Crippen LogP contribution in [0.15, 0.2) is 42.6 Å². The summed E-state index contributed by atoms with van der Waals surface area (Å²) in [5.74, 6) is -3.61. The number of carbonyl (C=O) groups is 1. The molecule has 0 aliphatic heterocycles. The van der Waals surface area contributed by atoms with E-state index in [2.05, 4.69) is 15.3 Å². The van der Waals surface area contributed by atoms with Gasteiger partial charge in [0.2, 0.25) is 0 Å². The lowest BCUT2D eigenvalue weighted by atomic mass is 10.0. The Hall–Kier alpha value is -3.35. The molecule has 1 aliphatic carbocycles. The van der Waals surface area contributed by atoms with E-state index in [4.69, 9.17) is 0 Å². The molecule has 0 spiro atoms. The van der Waals surface area contributed by atoms with Crippen LogP contribution in [0.25, 0.3) is 33.1 Å². The molecule has 2 N–H and O–H groups in total. The zero-order valence-electron chi connectivity index (χ0n) is 15.2. The minimum absolute atomic E-state index is 0.117. The molecule has 0 saturated heterocycles. The highest BCUT2D eigenvalue weighted by Crippen LogP contribution is 2.32. The van der Waals surface area contributed by atoms with Crippen LogP contribution in [-0.4, -0.2) is 22.4 Å². The van der Waals surface area contributed by atoms with Gasteiger partial charge in [0.1, 0.15) is 0 Å². The summed E-state index contributed by atoms with van der Waals surface area (Å²) in [5.41, 5.74) is 1.90. The zero-order valence-corrected chi connectivity index (χ0v) is 15.2. The van der Waals surface area contributed by atoms with Gasteiger partial charge in [-0.3, -0.25) is 4.79 Å². The first-order valence-corrected chi connectivity index (χ1v) is 9.36. The van der Waals surface area contributed by atoms with Gasteiger partial charge in [-0.1, -0.05) is 6.07 Å². The van der Waals surface area contributed by atoms with E-state index in [-0.39, 0.29) is 16.8 Å². The Morgan fingerprint density at radius 2 is 1.93 bits per heavy atom. The van der Waals surface area contributed by atoms with Crippen LogP contribution >= 0.6 is 0 Å². The topological polar surface area (TPSA) is 57.8 Å². The molecule has 4 nitrogen and oxygen atoms in total. The summed E-state index contributed by atoms with van der Waals surface area (Å²) in [6.45, 7) is 0.670. The number of halogens is 3. The smallest absolute Gasteiger partial charge is 0.251 e. The van der Waals surface area contributed by atoms with Crippen molar-refractivity contribution in [3.05, 3.63) is 65.6 Å². The second kappa shape index (κ2) is 6.62. The van der Waals surface area contributed by atoms with Crippen LogP contribution in [-0.2, 0) is 0 Å². The minimum atomic E-state index is -1.51. The predicted octanol–water partition coefficient (Wildman–Crippen LogP) is 4.94. The maximum atomic E-state index is 14.0. The van der Waals surface area contributed by atoms with Crippen LogP contribution in [0.3, 0.4) is 0 Å². The maximum absolute atomic E-state index is 14.0. The van der Waals surface area contributed by atoms with Crippen molar-refractivity contribution in [2.45, 2.75) is 12.8 Å². The van der Waals surface area contributed by atoms with Crippen molar-refractivity contribution < 1.29 is 18.0 Å². The summed E-state index contributed by atoms with van der Waals surface area (Å²) in [4.78, 5) is 19.7. The van der Waals surface area contributed by atoms with Gasteiger partial charge in [0.25, 0.3) is 5.91 Å². The molecule has 2 heterocycles. The van der Waals surface area contributed by atoms with Crippen LogP contribution in [0.5, 0.6) is 0 Å². The third-order valence-electron chi connectivity index (χ3n) is 5.31. The molecule has 7 heteroatoms. The zero-order chi connectivity index (χ0) is 20.1. The average Bonchev–Trinajstić information content (AvgIpc) is 3.47. The first-order valence-electron chi connectivity index (χ1n) is 9.36. The Kier molecular flexibility index (Phi) is 4.04. The molecule has 1 fully saturated rings. The summed E-state index contributed by atoms with van der Waals surface area (Å²) in [6.07, 6.45) is 3.76. The number of benzene rings is 2. The summed E-state index contributed by atoms with van der Waals surface area (Å²) in [7, 11) is 0. The molecule has 4 aromatic rings. The Morgan fingerprint density at radius 1 is 1.10 bits per heavy atom. The van der Waals surface area contributed by atoms with E-state index in [1.165, 1.54) is 6.20 Å². The molecule has 1 saturated carbocycles. The molecule has 0 atom stereocenters. The predicted molar refractivity (Wildman–Crippen MR) is 104 cm³/mol. The highest BCUT2D eigenvalue weighted by atomic mass is 19.2. The van der Waals surface area contributed by atoms with Crippen LogP contribution in [0.1, 0.15) is 23.2 Å². The Labute approximate surface area is 163 Å². The fraction of sp³-hybridized carbons (Fsp3) is 0.182. The number of amides is 1. The molecule has 5 rings (SSSR count). The van der Waals surface area contributed by atoms with Crippen LogP contribution < -0.4 is 5.32 Å². The molecule has 0 unspecified atom stereocenters. The van der Waals surface area contributed by atoms with E-state index in [0.29, 0.717) is 40.2 Å². The summed E-state index contributed by atoms with van der Waals surface area (Å²) >= 11 is 0. The van der Waals surface area contributed by atoms with Gasteiger partial charge in [-0.05, 0) is 49.1 Å². The quantitative estimate of drug-likeness (QED) is 0.481. The van der Waals surface area contributed by atoms with Crippen LogP contribution in [0, 0.1) is 23.4 Å². The van der Waals surface area contributed by atoms with Gasteiger partial charge < -0.3 is 10.3 Å². The Bertz CT molecular complexity index is 1280. The van der Waals surface area contributed by atoms with E-state index >= 15 is 0 Å². The lowest BCUT2D eigenvalue weighted by molar-refractivity contribution is 0.0953. The SMILES string of the molecule is O=C(NCC1CC1)c1cccc2nc(-c3c[nH]c4c(F)c(F)c(F)cc34)ccc12. The van der Waals surface area contributed by atoms with Crippen LogP contribution in [0.2, 0.25) is 0 Å². The van der Waals surface area contributed by atoms with Crippen molar-refractivity contribution in [3.8, 4) is 11.3 Å². The lowest BCUT2D eigenvalue weighted by Crippen LogP contribution is -2.25. The number of fused-ring (bicyclic) bond motifs is 2. The first-order chi connectivity index (χ1) is 14.0. The van der Waals surface area contributed by atoms with Crippen molar-refractivity contribution in [3.63, 3.8) is 0 Å². The van der Waals surface area contributed by atoms with Crippen molar-refractivity contribution in [1.29, 1.82) is 0 Å². The number of pyridine rings is 1. The summed E-state index contributed by atoms with van der Waals surface area (Å²) < 4.78 is 41.2. The number of nitrogens with one attached hydrogen (secondary N) is 2. The monoisotopic (exact) mass is 395 g/mol. The molecule has 1 aliphatic rings. The van der Waals surface area contributed by atoms with Gasteiger partial charge in [-0.15, -0.1) is 0 Å². The van der Waals surface area contributed by atoms with Crippen LogP contribution in [0.4, 0.5) is 13.2 Å². The highest BCUT2D eigenvalue weighted by Gasteiger charge is 2.23. The van der Waals surface area contributed by atoms with Crippen molar-refractivity contribution in [1.82, 2.24) is 15.3 Å². The molecular weight excluding hydrogens is 379 g/mol. The first kappa shape index (κ1) is 17.7. The second-order valence-electron chi connectivity index (χ2n) is 7.33. The molecule has 146 valence electrons. The fourth-order valence-corrected chi connectivity index (χ4v) is 3.54. The van der Waals surface area contributed by atoms with Gasteiger partial charge >= 0.3 is 0 Å². The van der Waals surface area contributed by atoms with Gasteiger partial charge in [0.05, 0.1) is 16.7 Å². The molecule has 2 aromatic carbocycles. The number of aromatic nitrogens is 2. The Balaban J connectivity index is 1.57.